The van der Waals surface area contributed by atoms with Crippen LogP contribution < -0.4 is 0 Å². The maximum atomic E-state index is 12.2. The number of ether oxygens (including phenoxy) is 4. The van der Waals surface area contributed by atoms with Crippen molar-refractivity contribution in [1.82, 2.24) is 0 Å². The van der Waals surface area contributed by atoms with Crippen LogP contribution in [0.15, 0.2) is 0 Å². The van der Waals surface area contributed by atoms with Crippen LogP contribution in [0.3, 0.4) is 0 Å². The number of hydrogen-bond acceptors (Lipinski definition) is 6. The van der Waals surface area contributed by atoms with E-state index in [1.165, 1.54) is 33.3 Å². The second-order valence-corrected chi connectivity index (χ2v) is 12.2. The number of carbonyl (C=O) groups is 2. The Kier molecular flexibility index (Phi) is 5.88. The molecule has 0 aromatic heterocycles. The number of esters is 2. The lowest BCUT2D eigenvalue weighted by Gasteiger charge is -2.67. The predicted octanol–water partition coefficient (Wildman–Crippen LogP) is 4.88. The van der Waals surface area contributed by atoms with E-state index in [2.05, 4.69) is 13.8 Å². The van der Waals surface area contributed by atoms with Crippen molar-refractivity contribution in [3.05, 3.63) is 0 Å². The number of methoxy groups -OCH3 is 2. The summed E-state index contributed by atoms with van der Waals surface area (Å²) in [4.78, 5) is 23.8. The third-order valence-electron chi connectivity index (χ3n) is 11.2. The zero-order valence-corrected chi connectivity index (χ0v) is 21.1. The molecule has 5 rings (SSSR count). The van der Waals surface area contributed by atoms with Crippen LogP contribution in [0, 0.1) is 40.4 Å². The molecule has 0 spiro atoms. The molecule has 5 aliphatic rings. The fourth-order valence-electron chi connectivity index (χ4n) is 9.73. The normalized spacial score (nSPS) is 50.5. The first-order valence-electron chi connectivity index (χ1n) is 13.1. The van der Waals surface area contributed by atoms with E-state index in [1.54, 1.807) is 7.11 Å². The standard InChI is InChI=1S/C27H42O6/c1-16(28)32-18-8-11-25(2)17(14-18)6-7-22-21(25)9-12-26(3)20-10-13-27(22,26)33-24(31-5)19(20)15-23(29)30-4/h17-22,24H,6-15H2,1-5H3. The van der Waals surface area contributed by atoms with Gasteiger partial charge in [-0.2, -0.15) is 0 Å². The highest BCUT2D eigenvalue weighted by atomic mass is 16.7. The van der Waals surface area contributed by atoms with Crippen LogP contribution in [0.25, 0.3) is 0 Å². The van der Waals surface area contributed by atoms with E-state index < -0.39 is 0 Å². The van der Waals surface area contributed by atoms with Gasteiger partial charge in [0.25, 0.3) is 0 Å². The number of carbonyl (C=O) groups excluding carboxylic acids is 2. The van der Waals surface area contributed by atoms with Gasteiger partial charge in [-0.1, -0.05) is 13.8 Å². The first-order valence-corrected chi connectivity index (χ1v) is 13.1. The van der Waals surface area contributed by atoms with Crippen molar-refractivity contribution < 1.29 is 28.5 Å². The predicted molar refractivity (Wildman–Crippen MR) is 122 cm³/mol. The van der Waals surface area contributed by atoms with Crippen LogP contribution in [0.1, 0.15) is 85.0 Å². The van der Waals surface area contributed by atoms with Crippen LogP contribution >= 0.6 is 0 Å². The molecule has 0 aromatic carbocycles. The third kappa shape index (κ3) is 3.33. The summed E-state index contributed by atoms with van der Waals surface area (Å²) in [5, 5.41) is 0. The maximum absolute atomic E-state index is 12.2. The first kappa shape index (κ1) is 23.6. The summed E-state index contributed by atoms with van der Waals surface area (Å²) in [6.07, 6.45) is 10.2. The summed E-state index contributed by atoms with van der Waals surface area (Å²) >= 11 is 0. The number of rotatable bonds is 4. The molecule has 6 heteroatoms. The van der Waals surface area contributed by atoms with Gasteiger partial charge in [0, 0.05) is 25.4 Å². The number of fused-ring (bicyclic) bond motifs is 3. The second-order valence-electron chi connectivity index (χ2n) is 12.2. The van der Waals surface area contributed by atoms with Crippen molar-refractivity contribution >= 4 is 11.9 Å². The Morgan fingerprint density at radius 1 is 0.939 bits per heavy atom. The topological polar surface area (TPSA) is 71.1 Å². The maximum Gasteiger partial charge on any atom is 0.305 e. The van der Waals surface area contributed by atoms with Gasteiger partial charge in [0.2, 0.25) is 0 Å². The molecular formula is C27H42O6. The first-order chi connectivity index (χ1) is 15.7. The molecule has 0 amide bonds. The SMILES string of the molecule is COC(=O)CC1C(OC)OC23CCC1C2(C)CCC1C3CCC2CC(OC(C)=O)CCC21C. The minimum absolute atomic E-state index is 0.0609. The lowest BCUT2D eigenvalue weighted by Crippen LogP contribution is -2.67. The van der Waals surface area contributed by atoms with Crippen LogP contribution in [0.2, 0.25) is 0 Å². The lowest BCUT2D eigenvalue weighted by atomic mass is 9.42. The molecule has 1 heterocycles. The van der Waals surface area contributed by atoms with Gasteiger partial charge in [-0.05, 0) is 86.9 Å². The highest BCUT2D eigenvalue weighted by Gasteiger charge is 2.72. The van der Waals surface area contributed by atoms with Crippen molar-refractivity contribution in [2.75, 3.05) is 14.2 Å². The van der Waals surface area contributed by atoms with Gasteiger partial charge in [-0.15, -0.1) is 0 Å². The lowest BCUT2D eigenvalue weighted by molar-refractivity contribution is -0.338. The van der Waals surface area contributed by atoms with Gasteiger partial charge < -0.3 is 18.9 Å². The molecule has 10 unspecified atom stereocenters. The molecule has 0 radical (unpaired) electrons. The summed E-state index contributed by atoms with van der Waals surface area (Å²) < 4.78 is 23.6. The van der Waals surface area contributed by atoms with E-state index in [9.17, 15) is 9.59 Å². The Bertz CT molecular complexity index is 797. The van der Waals surface area contributed by atoms with E-state index in [0.717, 1.165) is 38.5 Å². The van der Waals surface area contributed by atoms with E-state index in [-0.39, 0.29) is 46.7 Å². The van der Waals surface area contributed by atoms with Crippen LogP contribution in [0.5, 0.6) is 0 Å². The molecule has 0 aromatic rings. The van der Waals surface area contributed by atoms with Crippen LogP contribution in [-0.4, -0.2) is 44.2 Å². The van der Waals surface area contributed by atoms with E-state index in [1.807, 2.05) is 0 Å². The minimum atomic E-state index is -0.339. The van der Waals surface area contributed by atoms with E-state index in [4.69, 9.17) is 18.9 Å². The van der Waals surface area contributed by atoms with Gasteiger partial charge in [-0.25, -0.2) is 0 Å². The zero-order chi connectivity index (χ0) is 23.6. The fourth-order valence-corrected chi connectivity index (χ4v) is 9.73. The third-order valence-corrected chi connectivity index (χ3v) is 11.2. The molecule has 5 fully saturated rings. The van der Waals surface area contributed by atoms with Gasteiger partial charge in [-0.3, -0.25) is 9.59 Å². The van der Waals surface area contributed by atoms with Crippen molar-refractivity contribution in [1.29, 1.82) is 0 Å². The Labute approximate surface area is 198 Å². The molecule has 186 valence electrons. The van der Waals surface area contributed by atoms with Gasteiger partial charge in [0.05, 0.1) is 19.1 Å². The van der Waals surface area contributed by atoms with Crippen LogP contribution in [0.4, 0.5) is 0 Å². The molecule has 10 atom stereocenters. The molecule has 1 saturated heterocycles. The van der Waals surface area contributed by atoms with Crippen molar-refractivity contribution in [3.8, 4) is 0 Å². The monoisotopic (exact) mass is 462 g/mol. The molecule has 4 aliphatic carbocycles. The Morgan fingerprint density at radius 2 is 1.70 bits per heavy atom. The van der Waals surface area contributed by atoms with E-state index >= 15 is 0 Å². The summed E-state index contributed by atoms with van der Waals surface area (Å²) in [6, 6.07) is 0. The fraction of sp³-hybridized carbons (Fsp3) is 0.926. The van der Waals surface area contributed by atoms with Crippen molar-refractivity contribution in [3.63, 3.8) is 0 Å². The second kappa shape index (κ2) is 8.22. The molecule has 33 heavy (non-hydrogen) atoms. The minimum Gasteiger partial charge on any atom is -0.469 e. The zero-order valence-electron chi connectivity index (χ0n) is 21.1. The average molecular weight is 463 g/mol. The van der Waals surface area contributed by atoms with E-state index in [0.29, 0.717) is 30.1 Å². The summed E-state index contributed by atoms with van der Waals surface area (Å²) in [7, 11) is 3.19. The van der Waals surface area contributed by atoms with Crippen molar-refractivity contribution in [2.45, 2.75) is 103 Å². The Balaban J connectivity index is 1.42. The summed E-state index contributed by atoms with van der Waals surface area (Å²) in [6.45, 7) is 6.49. The largest absolute Gasteiger partial charge is 0.469 e. The molecule has 1 aliphatic heterocycles. The quantitative estimate of drug-likeness (QED) is 0.555. The summed E-state index contributed by atoms with van der Waals surface area (Å²) in [5.74, 6) is 1.96. The molecule has 2 bridgehead atoms. The molecule has 6 nitrogen and oxygen atoms in total. The average Bonchev–Trinajstić information content (AvgIpc) is 2.97. The Morgan fingerprint density at radius 3 is 2.39 bits per heavy atom. The van der Waals surface area contributed by atoms with Gasteiger partial charge >= 0.3 is 11.9 Å². The highest BCUT2D eigenvalue weighted by molar-refractivity contribution is 5.69. The molecule has 0 N–H and O–H groups in total. The summed E-state index contributed by atoms with van der Waals surface area (Å²) in [5.41, 5.74) is 0.205. The Hall–Kier alpha value is -1.14. The smallest absolute Gasteiger partial charge is 0.305 e. The molecule has 4 saturated carbocycles. The van der Waals surface area contributed by atoms with Crippen molar-refractivity contribution in [2.24, 2.45) is 40.4 Å². The van der Waals surface area contributed by atoms with Crippen LogP contribution in [-0.2, 0) is 28.5 Å². The van der Waals surface area contributed by atoms with Gasteiger partial charge in [0.15, 0.2) is 6.29 Å². The van der Waals surface area contributed by atoms with Gasteiger partial charge in [0.1, 0.15) is 6.10 Å². The highest BCUT2D eigenvalue weighted by Crippen LogP contribution is 2.73. The number of hydrogen-bond donors (Lipinski definition) is 0. The molecular weight excluding hydrogens is 420 g/mol.